The van der Waals surface area contributed by atoms with Gasteiger partial charge in [0.2, 0.25) is 0 Å². The molecule has 0 aliphatic carbocycles. The lowest BCUT2D eigenvalue weighted by Crippen LogP contribution is -2.34. The molecule has 5 rings (SSSR count). The van der Waals surface area contributed by atoms with E-state index in [1.165, 1.54) is 13.3 Å². The standard InChI is InChI=1S/C29H31F3N8O4/c1-19(35-25-12-34-40(28(42)27(25)29(30,31)32)13-20-3-6-24(43-2)7-4-20)17-44-18-22-14-39(37-36-22)23-9-10-38(15-23)26-8-5-21(16-41)11-33-26/h3-8,11-12,14,16,19,23,35H,9-10,13,15,17-18H2,1-2H3. The van der Waals surface area contributed by atoms with E-state index in [-0.39, 0.29) is 25.8 Å². The van der Waals surface area contributed by atoms with Crippen LogP contribution in [0.4, 0.5) is 24.7 Å². The monoisotopic (exact) mass is 612 g/mol. The van der Waals surface area contributed by atoms with Crippen LogP contribution in [0, 0.1) is 0 Å². The minimum absolute atomic E-state index is 0.0404. The number of halogens is 3. The van der Waals surface area contributed by atoms with Crippen LogP contribution < -0.4 is 20.5 Å². The molecule has 44 heavy (non-hydrogen) atoms. The maximum absolute atomic E-state index is 14.0. The third-order valence-electron chi connectivity index (χ3n) is 7.16. The number of nitrogens with zero attached hydrogens (tertiary/aromatic N) is 7. The second-order valence-corrected chi connectivity index (χ2v) is 10.4. The molecule has 0 bridgehead atoms. The highest BCUT2D eigenvalue weighted by atomic mass is 19.4. The number of rotatable bonds is 12. The SMILES string of the molecule is COc1ccc(Cn2ncc(NC(C)COCc3cn(C4CCN(c5ccc(C=O)cn5)C4)nn3)c(C(F)(F)F)c2=O)cc1. The average Bonchev–Trinajstić information content (AvgIpc) is 3.69. The van der Waals surface area contributed by atoms with E-state index in [0.29, 0.717) is 29.1 Å². The lowest BCUT2D eigenvalue weighted by atomic mass is 10.2. The lowest BCUT2D eigenvalue weighted by molar-refractivity contribution is -0.138. The van der Waals surface area contributed by atoms with Crippen molar-refractivity contribution in [2.24, 2.45) is 0 Å². The summed E-state index contributed by atoms with van der Waals surface area (Å²) in [7, 11) is 1.50. The highest BCUT2D eigenvalue weighted by Crippen LogP contribution is 2.32. The number of ether oxygens (including phenoxy) is 2. The van der Waals surface area contributed by atoms with Gasteiger partial charge in [-0.2, -0.15) is 18.3 Å². The normalized spacial score (nSPS) is 15.8. The molecule has 3 aromatic heterocycles. The second kappa shape index (κ2) is 13.2. The predicted octanol–water partition coefficient (Wildman–Crippen LogP) is 3.59. The molecule has 2 atom stereocenters. The van der Waals surface area contributed by atoms with Crippen molar-refractivity contribution in [2.45, 2.75) is 44.8 Å². The first-order chi connectivity index (χ1) is 21.1. The van der Waals surface area contributed by atoms with Crippen LogP contribution in [0.5, 0.6) is 5.75 Å². The zero-order valence-electron chi connectivity index (χ0n) is 24.1. The third kappa shape index (κ3) is 7.22. The summed E-state index contributed by atoms with van der Waals surface area (Å²) >= 11 is 0. The molecular weight excluding hydrogens is 581 g/mol. The van der Waals surface area contributed by atoms with Gasteiger partial charge in [-0.25, -0.2) is 14.3 Å². The molecule has 0 radical (unpaired) electrons. The van der Waals surface area contributed by atoms with E-state index in [1.54, 1.807) is 48.1 Å². The summed E-state index contributed by atoms with van der Waals surface area (Å²) in [5.74, 6) is 1.37. The molecule has 1 N–H and O–H groups in total. The van der Waals surface area contributed by atoms with Crippen molar-refractivity contribution < 1.29 is 27.4 Å². The Morgan fingerprint density at radius 2 is 1.95 bits per heavy atom. The predicted molar refractivity (Wildman–Crippen MR) is 154 cm³/mol. The first-order valence-electron chi connectivity index (χ1n) is 13.9. The molecule has 15 heteroatoms. The number of nitrogens with one attached hydrogen (secondary N) is 1. The Kier molecular flexibility index (Phi) is 9.23. The summed E-state index contributed by atoms with van der Waals surface area (Å²) in [4.78, 5) is 30.1. The number of pyridine rings is 1. The van der Waals surface area contributed by atoms with Gasteiger partial charge in [-0.05, 0) is 43.2 Å². The number of carbonyl (C=O) groups excluding carboxylic acids is 1. The molecule has 1 fully saturated rings. The van der Waals surface area contributed by atoms with Crippen molar-refractivity contribution in [1.82, 2.24) is 29.8 Å². The molecule has 232 valence electrons. The fourth-order valence-electron chi connectivity index (χ4n) is 4.91. The van der Waals surface area contributed by atoms with Crippen molar-refractivity contribution in [3.05, 3.63) is 87.7 Å². The molecule has 0 spiro atoms. The van der Waals surface area contributed by atoms with Gasteiger partial charge in [-0.1, -0.05) is 17.3 Å². The Bertz CT molecular complexity index is 1620. The van der Waals surface area contributed by atoms with Crippen LogP contribution >= 0.6 is 0 Å². The van der Waals surface area contributed by atoms with Gasteiger partial charge in [0, 0.05) is 30.9 Å². The summed E-state index contributed by atoms with van der Waals surface area (Å²) in [6.07, 6.45) is 1.01. The van der Waals surface area contributed by atoms with Crippen LogP contribution in [0.3, 0.4) is 0 Å². The maximum Gasteiger partial charge on any atom is 0.423 e. The summed E-state index contributed by atoms with van der Waals surface area (Å²) in [5, 5.41) is 15.1. The number of methoxy groups -OCH3 is 1. The molecule has 4 heterocycles. The topological polar surface area (TPSA) is 129 Å². The molecule has 0 amide bonds. The van der Waals surface area contributed by atoms with Crippen molar-refractivity contribution in [3.63, 3.8) is 0 Å². The van der Waals surface area contributed by atoms with E-state index in [2.05, 4.69) is 30.6 Å². The average molecular weight is 613 g/mol. The van der Waals surface area contributed by atoms with Gasteiger partial charge in [-0.3, -0.25) is 9.59 Å². The number of hydrogen-bond donors (Lipinski definition) is 1. The first-order valence-corrected chi connectivity index (χ1v) is 13.9. The fraction of sp³-hybridized carbons (Fsp3) is 0.379. The van der Waals surface area contributed by atoms with E-state index >= 15 is 0 Å². The van der Waals surface area contributed by atoms with Crippen molar-refractivity contribution in [1.29, 1.82) is 0 Å². The molecule has 4 aromatic rings. The Morgan fingerprint density at radius 1 is 1.16 bits per heavy atom. The second-order valence-electron chi connectivity index (χ2n) is 10.4. The number of aromatic nitrogens is 6. The highest BCUT2D eigenvalue weighted by Gasteiger charge is 2.38. The number of hydrogen-bond acceptors (Lipinski definition) is 10. The van der Waals surface area contributed by atoms with Crippen LogP contribution in [0.25, 0.3) is 0 Å². The largest absolute Gasteiger partial charge is 0.497 e. The Balaban J connectivity index is 1.15. The van der Waals surface area contributed by atoms with Gasteiger partial charge in [0.05, 0.1) is 51.0 Å². The van der Waals surface area contributed by atoms with Crippen LogP contribution in [0.1, 0.15) is 46.6 Å². The van der Waals surface area contributed by atoms with Gasteiger partial charge >= 0.3 is 6.18 Å². The van der Waals surface area contributed by atoms with E-state index < -0.39 is 29.0 Å². The van der Waals surface area contributed by atoms with Crippen LogP contribution in [-0.2, 0) is 24.1 Å². The molecular formula is C29H31F3N8O4. The fourth-order valence-corrected chi connectivity index (χ4v) is 4.91. The van der Waals surface area contributed by atoms with Gasteiger partial charge in [0.1, 0.15) is 22.8 Å². The number of aldehydes is 1. The summed E-state index contributed by atoms with van der Waals surface area (Å²) in [6.45, 7) is 3.10. The summed E-state index contributed by atoms with van der Waals surface area (Å²) < 4.78 is 55.2. The van der Waals surface area contributed by atoms with Crippen LogP contribution in [0.2, 0.25) is 0 Å². The van der Waals surface area contributed by atoms with Crippen LogP contribution in [-0.4, -0.2) is 68.9 Å². The molecule has 1 aromatic carbocycles. The minimum Gasteiger partial charge on any atom is -0.497 e. The van der Waals surface area contributed by atoms with Gasteiger partial charge < -0.3 is 19.7 Å². The number of carbonyl (C=O) groups is 1. The summed E-state index contributed by atoms with van der Waals surface area (Å²) in [6, 6.07) is 9.64. The van der Waals surface area contributed by atoms with E-state index in [4.69, 9.17) is 9.47 Å². The van der Waals surface area contributed by atoms with Gasteiger partial charge in [-0.15, -0.1) is 5.10 Å². The van der Waals surface area contributed by atoms with Gasteiger partial charge in [0.25, 0.3) is 5.56 Å². The number of benzene rings is 1. The zero-order valence-corrected chi connectivity index (χ0v) is 24.1. The quantitative estimate of drug-likeness (QED) is 0.237. The Morgan fingerprint density at radius 3 is 2.64 bits per heavy atom. The molecule has 0 saturated carbocycles. The lowest BCUT2D eigenvalue weighted by Gasteiger charge is -2.19. The van der Waals surface area contributed by atoms with Crippen molar-refractivity contribution >= 4 is 17.8 Å². The smallest absolute Gasteiger partial charge is 0.423 e. The Hall–Kier alpha value is -4.79. The van der Waals surface area contributed by atoms with E-state index in [1.807, 2.05) is 6.07 Å². The highest BCUT2D eigenvalue weighted by molar-refractivity contribution is 5.74. The number of alkyl halides is 3. The van der Waals surface area contributed by atoms with E-state index in [9.17, 15) is 22.8 Å². The first kappa shape index (κ1) is 30.7. The molecule has 2 unspecified atom stereocenters. The Labute approximate surface area is 250 Å². The van der Waals surface area contributed by atoms with Crippen molar-refractivity contribution in [3.8, 4) is 5.75 Å². The minimum atomic E-state index is -4.89. The third-order valence-corrected chi connectivity index (χ3v) is 7.16. The van der Waals surface area contributed by atoms with E-state index in [0.717, 1.165) is 35.9 Å². The van der Waals surface area contributed by atoms with Crippen molar-refractivity contribution in [2.75, 3.05) is 37.0 Å². The molecule has 1 saturated heterocycles. The van der Waals surface area contributed by atoms with Crippen LogP contribution in [0.15, 0.2) is 59.8 Å². The van der Waals surface area contributed by atoms with Gasteiger partial charge in [0.15, 0.2) is 6.29 Å². The zero-order chi connectivity index (χ0) is 31.3. The molecule has 12 nitrogen and oxygen atoms in total. The molecule has 1 aliphatic heterocycles. The maximum atomic E-state index is 14.0. The number of anilines is 2. The summed E-state index contributed by atoms with van der Waals surface area (Å²) in [5.41, 5.74) is -1.31. The molecule has 1 aliphatic rings.